The van der Waals surface area contributed by atoms with Gasteiger partial charge in [0.25, 0.3) is 0 Å². The zero-order valence-electron chi connectivity index (χ0n) is 18.6. The quantitative estimate of drug-likeness (QED) is 0.510. The molecule has 3 rings (SSSR count). The summed E-state index contributed by atoms with van der Waals surface area (Å²) in [5.41, 5.74) is 2.99. The SMILES string of the molecule is COc1ccccc1Cn1c(CCCCCNC(=O)C(C)(C)C)nc2ccccc21. The third kappa shape index (κ3) is 5.41. The van der Waals surface area contributed by atoms with Crippen LogP contribution in [0, 0.1) is 5.41 Å². The fraction of sp³-hybridized carbons (Fsp3) is 0.440. The third-order valence-electron chi connectivity index (χ3n) is 5.30. The summed E-state index contributed by atoms with van der Waals surface area (Å²) in [5.74, 6) is 2.11. The zero-order valence-corrected chi connectivity index (χ0v) is 18.6. The number of amides is 1. The molecule has 1 aromatic heterocycles. The molecule has 0 aliphatic rings. The van der Waals surface area contributed by atoms with Crippen molar-refractivity contribution >= 4 is 16.9 Å². The molecule has 0 aliphatic carbocycles. The Morgan fingerprint density at radius 2 is 1.77 bits per heavy atom. The Bertz CT molecular complexity index is 985. The van der Waals surface area contributed by atoms with E-state index in [2.05, 4.69) is 34.1 Å². The maximum atomic E-state index is 12.0. The Balaban J connectivity index is 1.64. The van der Waals surface area contributed by atoms with Crippen LogP contribution < -0.4 is 10.1 Å². The molecule has 3 aromatic rings. The number of carbonyl (C=O) groups excluding carboxylic acids is 1. The first-order valence-corrected chi connectivity index (χ1v) is 10.7. The van der Waals surface area contributed by atoms with Gasteiger partial charge in [-0.25, -0.2) is 4.98 Å². The van der Waals surface area contributed by atoms with Crippen LogP contribution in [0.1, 0.15) is 51.4 Å². The van der Waals surface area contributed by atoms with Crippen molar-refractivity contribution in [3.8, 4) is 5.75 Å². The first kappa shape index (κ1) is 21.9. The maximum Gasteiger partial charge on any atom is 0.225 e. The highest BCUT2D eigenvalue weighted by Crippen LogP contribution is 2.24. The summed E-state index contributed by atoms with van der Waals surface area (Å²) in [5, 5.41) is 3.03. The van der Waals surface area contributed by atoms with Crippen molar-refractivity contribution < 1.29 is 9.53 Å². The van der Waals surface area contributed by atoms with Crippen LogP contribution in [0.5, 0.6) is 5.75 Å². The number of rotatable bonds is 9. The van der Waals surface area contributed by atoms with E-state index in [1.165, 1.54) is 0 Å². The van der Waals surface area contributed by atoms with Gasteiger partial charge < -0.3 is 14.6 Å². The van der Waals surface area contributed by atoms with Gasteiger partial charge in [0.1, 0.15) is 11.6 Å². The molecule has 0 radical (unpaired) electrons. The summed E-state index contributed by atoms with van der Waals surface area (Å²) in [6.45, 7) is 7.28. The number of aryl methyl sites for hydroxylation is 1. The average molecular weight is 408 g/mol. The predicted octanol–water partition coefficient (Wildman–Crippen LogP) is 4.97. The molecule has 1 amide bonds. The van der Waals surface area contributed by atoms with E-state index >= 15 is 0 Å². The van der Waals surface area contributed by atoms with Crippen molar-refractivity contribution in [3.05, 3.63) is 59.9 Å². The third-order valence-corrected chi connectivity index (χ3v) is 5.30. The van der Waals surface area contributed by atoms with Gasteiger partial charge in [0.2, 0.25) is 5.91 Å². The Kier molecular flexibility index (Phi) is 7.14. The van der Waals surface area contributed by atoms with E-state index in [-0.39, 0.29) is 11.3 Å². The molecule has 0 saturated heterocycles. The van der Waals surface area contributed by atoms with Crippen molar-refractivity contribution in [1.29, 1.82) is 0 Å². The van der Waals surface area contributed by atoms with Crippen LogP contribution >= 0.6 is 0 Å². The summed E-state index contributed by atoms with van der Waals surface area (Å²) in [6.07, 6.45) is 3.99. The van der Waals surface area contributed by atoms with Gasteiger partial charge in [-0.3, -0.25) is 4.79 Å². The number of ether oxygens (including phenoxy) is 1. The molecule has 0 aliphatic heterocycles. The molecule has 0 atom stereocenters. The molecule has 1 N–H and O–H groups in total. The summed E-state index contributed by atoms with van der Waals surface area (Å²) >= 11 is 0. The van der Waals surface area contributed by atoms with Gasteiger partial charge in [0.15, 0.2) is 0 Å². The van der Waals surface area contributed by atoms with Crippen LogP contribution in [-0.2, 0) is 17.8 Å². The van der Waals surface area contributed by atoms with Crippen molar-refractivity contribution in [2.45, 2.75) is 53.0 Å². The molecule has 0 fully saturated rings. The zero-order chi connectivity index (χ0) is 21.6. The summed E-state index contributed by atoms with van der Waals surface area (Å²) in [7, 11) is 1.71. The number of benzene rings is 2. The molecule has 1 heterocycles. The molecule has 5 heteroatoms. The van der Waals surface area contributed by atoms with Crippen LogP contribution in [0.3, 0.4) is 0 Å². The van der Waals surface area contributed by atoms with Crippen LogP contribution in [0.2, 0.25) is 0 Å². The molecule has 0 bridgehead atoms. The Labute approximate surface area is 179 Å². The highest BCUT2D eigenvalue weighted by Gasteiger charge is 2.20. The highest BCUT2D eigenvalue weighted by molar-refractivity contribution is 5.81. The van der Waals surface area contributed by atoms with Gasteiger partial charge >= 0.3 is 0 Å². The van der Waals surface area contributed by atoms with E-state index in [0.717, 1.165) is 66.9 Å². The molecule has 30 heavy (non-hydrogen) atoms. The van der Waals surface area contributed by atoms with E-state index in [1.54, 1.807) is 7.11 Å². The fourth-order valence-electron chi connectivity index (χ4n) is 3.55. The average Bonchev–Trinajstić information content (AvgIpc) is 3.07. The standard InChI is InChI=1S/C25H33N3O2/c1-25(2,3)24(29)26-17-11-5-6-16-23-27-20-13-8-9-14-21(20)28(23)18-19-12-7-10-15-22(19)30-4/h7-10,12-15H,5-6,11,16-18H2,1-4H3,(H,26,29). The first-order valence-electron chi connectivity index (χ1n) is 10.7. The Hall–Kier alpha value is -2.82. The fourth-order valence-corrected chi connectivity index (χ4v) is 3.55. The minimum Gasteiger partial charge on any atom is -0.496 e. The summed E-state index contributed by atoms with van der Waals surface area (Å²) in [4.78, 5) is 16.8. The van der Waals surface area contributed by atoms with Crippen molar-refractivity contribution in [2.24, 2.45) is 5.41 Å². The molecule has 0 spiro atoms. The normalized spacial score (nSPS) is 11.6. The molecule has 160 valence electrons. The highest BCUT2D eigenvalue weighted by atomic mass is 16.5. The van der Waals surface area contributed by atoms with E-state index in [1.807, 2.05) is 45.0 Å². The maximum absolute atomic E-state index is 12.0. The number of nitrogens with one attached hydrogen (secondary N) is 1. The largest absolute Gasteiger partial charge is 0.496 e. The predicted molar refractivity (Wildman–Crippen MR) is 122 cm³/mol. The van der Waals surface area contributed by atoms with Crippen molar-refractivity contribution in [2.75, 3.05) is 13.7 Å². The van der Waals surface area contributed by atoms with Crippen molar-refractivity contribution in [1.82, 2.24) is 14.9 Å². The first-order chi connectivity index (χ1) is 14.4. The topological polar surface area (TPSA) is 56.1 Å². The van der Waals surface area contributed by atoms with E-state index in [9.17, 15) is 4.79 Å². The van der Waals surface area contributed by atoms with Crippen LogP contribution in [0.15, 0.2) is 48.5 Å². The van der Waals surface area contributed by atoms with Crippen LogP contribution in [0.25, 0.3) is 11.0 Å². The van der Waals surface area contributed by atoms with Gasteiger partial charge in [-0.15, -0.1) is 0 Å². The molecule has 5 nitrogen and oxygen atoms in total. The molecule has 2 aromatic carbocycles. The smallest absolute Gasteiger partial charge is 0.225 e. The van der Waals surface area contributed by atoms with Crippen LogP contribution in [-0.4, -0.2) is 29.1 Å². The Morgan fingerprint density at radius 1 is 1.03 bits per heavy atom. The second-order valence-electron chi connectivity index (χ2n) is 8.73. The molecule has 0 unspecified atom stereocenters. The lowest BCUT2D eigenvalue weighted by molar-refractivity contribution is -0.128. The summed E-state index contributed by atoms with van der Waals surface area (Å²) in [6, 6.07) is 16.4. The number of para-hydroxylation sites is 3. The van der Waals surface area contributed by atoms with Crippen LogP contribution in [0.4, 0.5) is 0 Å². The number of unbranched alkanes of at least 4 members (excludes halogenated alkanes) is 2. The number of methoxy groups -OCH3 is 1. The number of fused-ring (bicyclic) bond motifs is 1. The number of hydrogen-bond acceptors (Lipinski definition) is 3. The van der Waals surface area contributed by atoms with E-state index in [4.69, 9.17) is 9.72 Å². The number of aromatic nitrogens is 2. The van der Waals surface area contributed by atoms with Crippen molar-refractivity contribution in [3.63, 3.8) is 0 Å². The Morgan fingerprint density at radius 3 is 2.53 bits per heavy atom. The second kappa shape index (κ2) is 9.79. The van der Waals surface area contributed by atoms with Gasteiger partial charge in [-0.2, -0.15) is 0 Å². The number of imidazole rings is 1. The lowest BCUT2D eigenvalue weighted by Crippen LogP contribution is -2.35. The van der Waals surface area contributed by atoms with Gasteiger partial charge in [-0.1, -0.05) is 57.5 Å². The minimum atomic E-state index is -0.330. The number of carbonyl (C=O) groups is 1. The van der Waals surface area contributed by atoms with Gasteiger partial charge in [0.05, 0.1) is 24.7 Å². The summed E-state index contributed by atoms with van der Waals surface area (Å²) < 4.78 is 7.85. The van der Waals surface area contributed by atoms with E-state index < -0.39 is 0 Å². The molecular weight excluding hydrogens is 374 g/mol. The lowest BCUT2D eigenvalue weighted by atomic mass is 9.96. The monoisotopic (exact) mass is 407 g/mol. The molecule has 0 saturated carbocycles. The number of hydrogen-bond donors (Lipinski definition) is 1. The molecular formula is C25H33N3O2. The van der Waals surface area contributed by atoms with Gasteiger partial charge in [0, 0.05) is 23.9 Å². The second-order valence-corrected chi connectivity index (χ2v) is 8.73. The number of nitrogens with zero attached hydrogens (tertiary/aromatic N) is 2. The van der Waals surface area contributed by atoms with E-state index in [0.29, 0.717) is 0 Å². The minimum absolute atomic E-state index is 0.112. The lowest BCUT2D eigenvalue weighted by Gasteiger charge is -2.17. The van der Waals surface area contributed by atoms with Gasteiger partial charge in [-0.05, 0) is 31.0 Å².